The van der Waals surface area contributed by atoms with Gasteiger partial charge in [-0.3, -0.25) is 13.9 Å². The number of aryl methyl sites for hydroxylation is 2. The molecule has 7 heteroatoms. The third kappa shape index (κ3) is 3.47. The van der Waals surface area contributed by atoms with E-state index in [0.29, 0.717) is 24.1 Å². The minimum Gasteiger partial charge on any atom is -0.491 e. The number of hydrogen-bond acceptors (Lipinski definition) is 4. The summed E-state index contributed by atoms with van der Waals surface area (Å²) in [6.45, 7) is 7.11. The first-order valence-corrected chi connectivity index (χ1v) is 11.5. The van der Waals surface area contributed by atoms with Gasteiger partial charge in [0.15, 0.2) is 0 Å². The highest BCUT2D eigenvalue weighted by molar-refractivity contribution is 5.96. The van der Waals surface area contributed by atoms with E-state index in [1.54, 1.807) is 11.6 Å². The second-order valence-corrected chi connectivity index (χ2v) is 9.17. The molecule has 0 saturated carbocycles. The number of rotatable bonds is 4. The van der Waals surface area contributed by atoms with E-state index in [-0.39, 0.29) is 17.4 Å². The second-order valence-electron chi connectivity index (χ2n) is 9.17. The van der Waals surface area contributed by atoms with Crippen LogP contribution >= 0.6 is 0 Å². The molecule has 1 aliphatic heterocycles. The van der Waals surface area contributed by atoms with Crippen LogP contribution in [0, 0.1) is 6.92 Å². The molecule has 1 atom stereocenters. The third-order valence-corrected chi connectivity index (χ3v) is 6.43. The first-order valence-electron chi connectivity index (χ1n) is 11.5. The van der Waals surface area contributed by atoms with Gasteiger partial charge < -0.3 is 14.0 Å². The molecule has 0 saturated heterocycles. The maximum absolute atomic E-state index is 13.4. The number of hydrogen-bond donors (Lipinski definition) is 0. The smallest absolute Gasteiger partial charge is 0.331 e. The largest absolute Gasteiger partial charge is 0.491 e. The summed E-state index contributed by atoms with van der Waals surface area (Å²) in [7, 11) is 3.25. The van der Waals surface area contributed by atoms with Crippen molar-refractivity contribution in [2.45, 2.75) is 39.5 Å². The number of fused-ring (bicyclic) bond motifs is 3. The summed E-state index contributed by atoms with van der Waals surface area (Å²) in [6.07, 6.45) is -0.331. The minimum absolute atomic E-state index is 0.0840. The maximum Gasteiger partial charge on any atom is 0.331 e. The topological polar surface area (TPSA) is 67.4 Å². The fourth-order valence-electron chi connectivity index (χ4n) is 4.84. The Labute approximate surface area is 197 Å². The van der Waals surface area contributed by atoms with Gasteiger partial charge in [0, 0.05) is 20.6 Å². The molecule has 3 heterocycles. The van der Waals surface area contributed by atoms with Crippen LogP contribution in [0.1, 0.15) is 36.8 Å². The predicted molar refractivity (Wildman–Crippen MR) is 133 cm³/mol. The van der Waals surface area contributed by atoms with Crippen molar-refractivity contribution in [2.24, 2.45) is 14.1 Å². The summed E-state index contributed by atoms with van der Waals surface area (Å²) in [4.78, 5) is 26.4. The molecule has 2 aromatic heterocycles. The number of ether oxygens (including phenoxy) is 2. The van der Waals surface area contributed by atoms with Crippen LogP contribution < -0.4 is 16.0 Å². The zero-order valence-corrected chi connectivity index (χ0v) is 20.2. The SMILES string of the molecule is Cc1ccc(-c2c3c(=O)n(C)c(=O)n(C)c3c3n2CCOC3c2ccc(OC(C)C)cc2)cc1. The van der Waals surface area contributed by atoms with Crippen molar-refractivity contribution in [1.82, 2.24) is 13.7 Å². The van der Waals surface area contributed by atoms with Gasteiger partial charge >= 0.3 is 5.69 Å². The van der Waals surface area contributed by atoms with Crippen LogP contribution in [0.5, 0.6) is 5.75 Å². The Kier molecular flexibility index (Phi) is 5.44. The summed E-state index contributed by atoms with van der Waals surface area (Å²) in [5.74, 6) is 0.788. The molecule has 0 amide bonds. The third-order valence-electron chi connectivity index (χ3n) is 6.43. The fourth-order valence-corrected chi connectivity index (χ4v) is 4.84. The van der Waals surface area contributed by atoms with Crippen molar-refractivity contribution in [3.8, 4) is 17.0 Å². The van der Waals surface area contributed by atoms with Crippen LogP contribution in [0.4, 0.5) is 0 Å². The van der Waals surface area contributed by atoms with E-state index in [9.17, 15) is 9.59 Å². The van der Waals surface area contributed by atoms with Gasteiger partial charge in [-0.25, -0.2) is 4.79 Å². The molecule has 0 spiro atoms. The predicted octanol–water partition coefficient (Wildman–Crippen LogP) is 3.92. The van der Waals surface area contributed by atoms with E-state index in [4.69, 9.17) is 9.47 Å². The standard InChI is InChI=1S/C27H29N3O4/c1-16(2)34-20-12-10-19(11-13-20)25-24-23-21(26(31)29(5)27(32)28(23)4)22(30(24)14-15-33-25)18-8-6-17(3)7-9-18/h6-13,16,25H,14-15H2,1-5H3. The van der Waals surface area contributed by atoms with E-state index in [1.165, 1.54) is 11.6 Å². The van der Waals surface area contributed by atoms with Crippen molar-refractivity contribution >= 4 is 10.9 Å². The Morgan fingerprint density at radius 2 is 1.65 bits per heavy atom. The monoisotopic (exact) mass is 459 g/mol. The van der Waals surface area contributed by atoms with Crippen molar-refractivity contribution in [3.63, 3.8) is 0 Å². The first kappa shape index (κ1) is 22.2. The van der Waals surface area contributed by atoms with E-state index in [0.717, 1.165) is 33.8 Å². The Balaban J connectivity index is 1.81. The van der Waals surface area contributed by atoms with E-state index >= 15 is 0 Å². The molecule has 34 heavy (non-hydrogen) atoms. The lowest BCUT2D eigenvalue weighted by molar-refractivity contribution is 0.0478. The molecule has 0 bridgehead atoms. The second kappa shape index (κ2) is 8.33. The van der Waals surface area contributed by atoms with Gasteiger partial charge in [-0.2, -0.15) is 0 Å². The molecule has 2 aromatic carbocycles. The molecule has 5 rings (SSSR count). The van der Waals surface area contributed by atoms with Crippen LogP contribution in [-0.2, 0) is 25.4 Å². The average molecular weight is 460 g/mol. The Hall–Kier alpha value is -3.58. The van der Waals surface area contributed by atoms with Crippen molar-refractivity contribution < 1.29 is 9.47 Å². The van der Waals surface area contributed by atoms with Gasteiger partial charge in [-0.15, -0.1) is 0 Å². The Bertz CT molecular complexity index is 1490. The van der Waals surface area contributed by atoms with Gasteiger partial charge in [-0.1, -0.05) is 42.0 Å². The molecule has 0 radical (unpaired) electrons. The maximum atomic E-state index is 13.4. The van der Waals surface area contributed by atoms with Crippen LogP contribution in [0.2, 0.25) is 0 Å². The van der Waals surface area contributed by atoms with Crippen LogP contribution in [0.25, 0.3) is 22.2 Å². The first-order chi connectivity index (χ1) is 16.3. The highest BCUT2D eigenvalue weighted by Gasteiger charge is 2.33. The highest BCUT2D eigenvalue weighted by atomic mass is 16.5. The van der Waals surface area contributed by atoms with E-state index < -0.39 is 6.10 Å². The van der Waals surface area contributed by atoms with Crippen molar-refractivity contribution in [1.29, 1.82) is 0 Å². The zero-order chi connectivity index (χ0) is 24.1. The Morgan fingerprint density at radius 3 is 2.29 bits per heavy atom. The fraction of sp³-hybridized carbons (Fsp3) is 0.333. The number of aromatic nitrogens is 3. The van der Waals surface area contributed by atoms with Crippen LogP contribution in [0.15, 0.2) is 58.1 Å². The molecule has 1 aliphatic rings. The van der Waals surface area contributed by atoms with Gasteiger partial charge in [0.05, 0.1) is 35.0 Å². The summed E-state index contributed by atoms with van der Waals surface area (Å²) in [5, 5.41) is 0.540. The highest BCUT2D eigenvalue weighted by Crippen LogP contribution is 2.40. The van der Waals surface area contributed by atoms with Gasteiger partial charge in [0.1, 0.15) is 11.9 Å². The summed E-state index contributed by atoms with van der Waals surface area (Å²) in [5.41, 5.74) is 4.65. The quantitative estimate of drug-likeness (QED) is 0.464. The summed E-state index contributed by atoms with van der Waals surface area (Å²) in [6, 6.07) is 16.0. The van der Waals surface area contributed by atoms with Crippen molar-refractivity contribution in [3.05, 3.63) is 86.2 Å². The van der Waals surface area contributed by atoms with Gasteiger partial charge in [0.25, 0.3) is 5.56 Å². The molecule has 7 nitrogen and oxygen atoms in total. The van der Waals surface area contributed by atoms with E-state index in [1.807, 2.05) is 69.3 Å². The molecule has 0 N–H and O–H groups in total. The normalized spacial score (nSPS) is 15.6. The molecule has 0 fully saturated rings. The van der Waals surface area contributed by atoms with Crippen LogP contribution in [0.3, 0.4) is 0 Å². The molecule has 176 valence electrons. The zero-order valence-electron chi connectivity index (χ0n) is 20.2. The molecular weight excluding hydrogens is 430 g/mol. The van der Waals surface area contributed by atoms with Crippen LogP contribution in [-0.4, -0.2) is 26.4 Å². The summed E-state index contributed by atoms with van der Waals surface area (Å²) < 4.78 is 17.0. The van der Waals surface area contributed by atoms with E-state index in [2.05, 4.69) is 4.57 Å². The molecule has 4 aromatic rings. The number of nitrogens with zero attached hydrogens (tertiary/aromatic N) is 3. The summed E-state index contributed by atoms with van der Waals surface area (Å²) >= 11 is 0. The lowest BCUT2D eigenvalue weighted by Gasteiger charge is -2.28. The average Bonchev–Trinajstić information content (AvgIpc) is 3.17. The van der Waals surface area contributed by atoms with Gasteiger partial charge in [-0.05, 0) is 44.0 Å². The minimum atomic E-state index is -0.416. The molecular formula is C27H29N3O4. The lowest BCUT2D eigenvalue weighted by atomic mass is 10.0. The Morgan fingerprint density at radius 1 is 0.971 bits per heavy atom. The molecule has 0 aliphatic carbocycles. The lowest BCUT2D eigenvalue weighted by Crippen LogP contribution is -2.37. The van der Waals surface area contributed by atoms with Crippen molar-refractivity contribution in [2.75, 3.05) is 6.61 Å². The van der Waals surface area contributed by atoms with Gasteiger partial charge in [0.2, 0.25) is 0 Å². The molecule has 1 unspecified atom stereocenters. The number of benzene rings is 2.